The summed E-state index contributed by atoms with van der Waals surface area (Å²) < 4.78 is 2.26. The Bertz CT molecular complexity index is 821. The van der Waals surface area contributed by atoms with E-state index in [4.69, 9.17) is 4.98 Å². The maximum absolute atomic E-state index is 5.08. The molecule has 1 aromatic rings. The second-order valence-electron chi connectivity index (χ2n) is 6.18. The fraction of sp³-hybridized carbons (Fsp3) is 0.261. The second kappa shape index (κ2) is 8.48. The Morgan fingerprint density at radius 1 is 1.16 bits per heavy atom. The second-order valence-corrected chi connectivity index (χ2v) is 6.18. The summed E-state index contributed by atoms with van der Waals surface area (Å²) in [7, 11) is 0. The lowest BCUT2D eigenvalue weighted by molar-refractivity contribution is 0.992. The van der Waals surface area contributed by atoms with Gasteiger partial charge in [-0.3, -0.25) is 0 Å². The van der Waals surface area contributed by atoms with Crippen LogP contribution in [0.5, 0.6) is 0 Å². The molecule has 0 spiro atoms. The summed E-state index contributed by atoms with van der Waals surface area (Å²) in [6.07, 6.45) is 29.9. The van der Waals surface area contributed by atoms with E-state index in [1.54, 1.807) is 0 Å². The first kappa shape index (κ1) is 17.2. The highest BCUT2D eigenvalue weighted by atomic mass is 15.1. The Morgan fingerprint density at radius 2 is 2.04 bits per heavy atom. The molecule has 0 atom stereocenters. The van der Waals surface area contributed by atoms with Crippen LogP contribution in [0.4, 0.5) is 0 Å². The molecule has 128 valence electrons. The normalized spacial score (nSPS) is 22.0. The van der Waals surface area contributed by atoms with E-state index in [2.05, 4.69) is 84.5 Å². The van der Waals surface area contributed by atoms with Gasteiger partial charge in [0, 0.05) is 18.2 Å². The summed E-state index contributed by atoms with van der Waals surface area (Å²) in [5.74, 6) is 1.05. The molecule has 2 heterocycles. The first-order valence-corrected chi connectivity index (χ1v) is 9.15. The quantitative estimate of drug-likeness (QED) is 0.608. The Morgan fingerprint density at radius 3 is 2.88 bits per heavy atom. The van der Waals surface area contributed by atoms with Crippen LogP contribution in [0.25, 0.3) is 17.3 Å². The number of fused-ring (bicyclic) bond motifs is 1. The standard InChI is InChI=1S/C23H26N2/c1-3-5-14-19(4-2)23-24-22(20-15-10-7-6-8-11-16-20)21-17-12-9-13-18-25(21)23/h3,5,7,9-16,18H,4,6,8,17H2,1-2H3/b5-3-,10-7-,16-11+,19-14+,20-15+. The van der Waals surface area contributed by atoms with Gasteiger partial charge in [0.1, 0.15) is 5.82 Å². The molecule has 3 rings (SSSR count). The summed E-state index contributed by atoms with van der Waals surface area (Å²) in [4.78, 5) is 5.08. The molecule has 0 fully saturated rings. The fourth-order valence-corrected chi connectivity index (χ4v) is 3.12. The van der Waals surface area contributed by atoms with E-state index in [1.165, 1.54) is 16.8 Å². The molecule has 0 aromatic carbocycles. The minimum absolute atomic E-state index is 0.894. The van der Waals surface area contributed by atoms with Crippen molar-refractivity contribution in [1.29, 1.82) is 0 Å². The topological polar surface area (TPSA) is 17.8 Å². The first-order chi connectivity index (χ1) is 12.3. The summed E-state index contributed by atoms with van der Waals surface area (Å²) in [5.41, 5.74) is 4.79. The predicted octanol–water partition coefficient (Wildman–Crippen LogP) is 6.13. The molecule has 0 radical (unpaired) electrons. The summed E-state index contributed by atoms with van der Waals surface area (Å²) >= 11 is 0. The highest BCUT2D eigenvalue weighted by Gasteiger charge is 2.19. The van der Waals surface area contributed by atoms with Gasteiger partial charge in [-0.1, -0.05) is 67.7 Å². The van der Waals surface area contributed by atoms with Crippen molar-refractivity contribution in [2.75, 3.05) is 0 Å². The molecule has 0 saturated carbocycles. The van der Waals surface area contributed by atoms with Crippen LogP contribution in [0, 0.1) is 0 Å². The van der Waals surface area contributed by atoms with Gasteiger partial charge in [0.25, 0.3) is 0 Å². The van der Waals surface area contributed by atoms with Crippen molar-refractivity contribution in [2.45, 2.75) is 39.5 Å². The maximum atomic E-state index is 5.08. The third kappa shape index (κ3) is 3.90. The monoisotopic (exact) mass is 330 g/mol. The zero-order valence-electron chi connectivity index (χ0n) is 15.2. The van der Waals surface area contributed by atoms with Crippen LogP contribution in [-0.2, 0) is 6.42 Å². The van der Waals surface area contributed by atoms with Gasteiger partial charge in [-0.15, -0.1) is 0 Å². The number of allylic oxidation sites excluding steroid dienone is 13. The molecule has 1 aliphatic heterocycles. The summed E-state index contributed by atoms with van der Waals surface area (Å²) in [5, 5.41) is 0. The van der Waals surface area contributed by atoms with Crippen LogP contribution in [0.1, 0.15) is 50.3 Å². The fourth-order valence-electron chi connectivity index (χ4n) is 3.12. The molecule has 0 bridgehead atoms. The van der Waals surface area contributed by atoms with Crippen molar-refractivity contribution in [3.05, 3.63) is 84.0 Å². The predicted molar refractivity (Wildman–Crippen MR) is 109 cm³/mol. The molecule has 1 aromatic heterocycles. The number of hydrogen-bond donors (Lipinski definition) is 0. The lowest BCUT2D eigenvalue weighted by Crippen LogP contribution is -1.99. The van der Waals surface area contributed by atoms with Gasteiger partial charge in [0.15, 0.2) is 0 Å². The third-order valence-corrected chi connectivity index (χ3v) is 4.44. The van der Waals surface area contributed by atoms with Crippen LogP contribution in [-0.4, -0.2) is 9.55 Å². The zero-order chi connectivity index (χ0) is 17.5. The van der Waals surface area contributed by atoms with Crippen LogP contribution in [0.15, 0.2) is 66.8 Å². The molecule has 25 heavy (non-hydrogen) atoms. The Kier molecular flexibility index (Phi) is 5.84. The molecule has 2 aliphatic rings. The zero-order valence-corrected chi connectivity index (χ0v) is 15.2. The minimum Gasteiger partial charge on any atom is -0.303 e. The van der Waals surface area contributed by atoms with E-state index >= 15 is 0 Å². The summed E-state index contributed by atoms with van der Waals surface area (Å²) in [6.45, 7) is 4.23. The van der Waals surface area contributed by atoms with Crippen molar-refractivity contribution in [3.63, 3.8) is 0 Å². The van der Waals surface area contributed by atoms with Crippen molar-refractivity contribution >= 4 is 17.3 Å². The molecule has 0 saturated heterocycles. The highest BCUT2D eigenvalue weighted by molar-refractivity contribution is 5.78. The van der Waals surface area contributed by atoms with Gasteiger partial charge in [-0.2, -0.15) is 0 Å². The Labute approximate surface area is 151 Å². The van der Waals surface area contributed by atoms with Crippen LogP contribution in [0.2, 0.25) is 0 Å². The van der Waals surface area contributed by atoms with Gasteiger partial charge < -0.3 is 4.57 Å². The van der Waals surface area contributed by atoms with Gasteiger partial charge >= 0.3 is 0 Å². The average molecular weight is 330 g/mol. The lowest BCUT2D eigenvalue weighted by atomic mass is 10.1. The molecule has 0 amide bonds. The SMILES string of the molecule is C/C=C\C=C(/CC)c1nc(C2=C/C=C\CC\C=C\2)c2n1C=CC=CC2. The summed E-state index contributed by atoms with van der Waals surface area (Å²) in [6, 6.07) is 0. The number of imidazole rings is 1. The van der Waals surface area contributed by atoms with E-state index in [0.717, 1.165) is 37.2 Å². The van der Waals surface area contributed by atoms with Crippen molar-refractivity contribution < 1.29 is 0 Å². The third-order valence-electron chi connectivity index (χ3n) is 4.44. The van der Waals surface area contributed by atoms with Gasteiger partial charge in [-0.25, -0.2) is 4.98 Å². The van der Waals surface area contributed by atoms with Crippen LogP contribution >= 0.6 is 0 Å². The van der Waals surface area contributed by atoms with E-state index in [-0.39, 0.29) is 0 Å². The van der Waals surface area contributed by atoms with Crippen molar-refractivity contribution in [3.8, 4) is 0 Å². The Hall–Kier alpha value is -2.61. The smallest absolute Gasteiger partial charge is 0.140 e. The molecule has 0 N–H and O–H groups in total. The lowest BCUT2D eigenvalue weighted by Gasteiger charge is -2.07. The molecular weight excluding hydrogens is 304 g/mol. The van der Waals surface area contributed by atoms with Crippen molar-refractivity contribution in [1.82, 2.24) is 9.55 Å². The highest BCUT2D eigenvalue weighted by Crippen LogP contribution is 2.29. The van der Waals surface area contributed by atoms with E-state index < -0.39 is 0 Å². The van der Waals surface area contributed by atoms with Gasteiger partial charge in [0.2, 0.25) is 0 Å². The van der Waals surface area contributed by atoms with Gasteiger partial charge in [0.05, 0.1) is 11.4 Å². The van der Waals surface area contributed by atoms with Crippen LogP contribution in [0.3, 0.4) is 0 Å². The Balaban J connectivity index is 2.17. The largest absolute Gasteiger partial charge is 0.303 e. The number of hydrogen-bond acceptors (Lipinski definition) is 1. The molecule has 2 heteroatoms. The molecule has 1 aliphatic carbocycles. The van der Waals surface area contributed by atoms with Gasteiger partial charge in [-0.05, 0) is 37.8 Å². The molecular formula is C23H26N2. The van der Waals surface area contributed by atoms with E-state index in [0.29, 0.717) is 0 Å². The van der Waals surface area contributed by atoms with Crippen molar-refractivity contribution in [2.24, 2.45) is 0 Å². The number of nitrogens with zero attached hydrogens (tertiary/aromatic N) is 2. The average Bonchev–Trinajstić information content (AvgIpc) is 2.79. The number of aromatic nitrogens is 2. The maximum Gasteiger partial charge on any atom is 0.140 e. The van der Waals surface area contributed by atoms with E-state index in [9.17, 15) is 0 Å². The minimum atomic E-state index is 0.894. The number of rotatable bonds is 4. The first-order valence-electron chi connectivity index (χ1n) is 9.15. The molecule has 0 unspecified atom stereocenters. The van der Waals surface area contributed by atoms with Crippen LogP contribution < -0.4 is 0 Å². The molecule has 2 nitrogen and oxygen atoms in total. The van der Waals surface area contributed by atoms with E-state index in [1.807, 2.05) is 6.92 Å².